The van der Waals surface area contributed by atoms with Crippen molar-refractivity contribution in [3.63, 3.8) is 0 Å². The average molecular weight is 332 g/mol. The van der Waals surface area contributed by atoms with Crippen LogP contribution in [0.25, 0.3) is 11.4 Å². The van der Waals surface area contributed by atoms with E-state index in [2.05, 4.69) is 17.1 Å². The fraction of sp³-hybridized carbons (Fsp3) is 0.118. The molecule has 0 fully saturated rings. The van der Waals surface area contributed by atoms with Crippen LogP contribution < -0.4 is 5.73 Å². The maximum atomic E-state index is 6.28. The summed E-state index contributed by atoms with van der Waals surface area (Å²) >= 11 is 12.4. The van der Waals surface area contributed by atoms with Crippen molar-refractivity contribution < 1.29 is 0 Å². The molecule has 112 valence electrons. The quantitative estimate of drug-likeness (QED) is 0.771. The molecule has 2 N–H and O–H groups in total. The number of nitrogens with two attached hydrogens (primary N) is 1. The summed E-state index contributed by atoms with van der Waals surface area (Å²) in [5.74, 6) is 0.797. The molecule has 0 spiro atoms. The van der Waals surface area contributed by atoms with Crippen molar-refractivity contribution in [2.75, 3.05) is 0 Å². The predicted octanol–water partition coefficient (Wildman–Crippen LogP) is 4.36. The minimum absolute atomic E-state index is 0.532. The van der Waals surface area contributed by atoms with E-state index in [4.69, 9.17) is 28.9 Å². The van der Waals surface area contributed by atoms with Crippen LogP contribution in [-0.2, 0) is 13.1 Å². The minimum Gasteiger partial charge on any atom is -0.327 e. The molecule has 0 amide bonds. The van der Waals surface area contributed by atoms with Crippen molar-refractivity contribution >= 4 is 23.2 Å². The number of nitrogens with zero attached hydrogens (tertiary/aromatic N) is 2. The van der Waals surface area contributed by atoms with E-state index >= 15 is 0 Å². The molecule has 0 saturated heterocycles. The smallest absolute Gasteiger partial charge is 0.141 e. The Balaban J connectivity index is 1.97. The molecule has 0 atom stereocenters. The van der Waals surface area contributed by atoms with Crippen LogP contribution in [-0.4, -0.2) is 9.55 Å². The zero-order valence-electron chi connectivity index (χ0n) is 11.8. The van der Waals surface area contributed by atoms with Gasteiger partial charge in [-0.3, -0.25) is 0 Å². The second kappa shape index (κ2) is 6.53. The van der Waals surface area contributed by atoms with E-state index < -0.39 is 0 Å². The largest absolute Gasteiger partial charge is 0.327 e. The summed E-state index contributed by atoms with van der Waals surface area (Å²) in [6, 6.07) is 13.6. The highest BCUT2D eigenvalue weighted by molar-refractivity contribution is 6.35. The third-order valence-electron chi connectivity index (χ3n) is 3.46. The average Bonchev–Trinajstić information content (AvgIpc) is 2.98. The summed E-state index contributed by atoms with van der Waals surface area (Å²) in [6.45, 7) is 1.23. The Bertz CT molecular complexity index is 796. The minimum atomic E-state index is 0.532. The molecule has 0 aliphatic heterocycles. The molecule has 1 heterocycles. The van der Waals surface area contributed by atoms with Gasteiger partial charge in [-0.1, -0.05) is 47.5 Å². The molecule has 0 unspecified atom stereocenters. The molecule has 0 bridgehead atoms. The van der Waals surface area contributed by atoms with Gasteiger partial charge in [0, 0.05) is 36.1 Å². The zero-order chi connectivity index (χ0) is 15.5. The number of aromatic nitrogens is 2. The van der Waals surface area contributed by atoms with Crippen molar-refractivity contribution in [3.05, 3.63) is 76.0 Å². The summed E-state index contributed by atoms with van der Waals surface area (Å²) in [5.41, 5.74) is 8.80. The summed E-state index contributed by atoms with van der Waals surface area (Å²) in [7, 11) is 0. The molecule has 2 aromatic carbocycles. The van der Waals surface area contributed by atoms with Crippen molar-refractivity contribution in [2.45, 2.75) is 13.1 Å². The van der Waals surface area contributed by atoms with Gasteiger partial charge >= 0.3 is 0 Å². The number of halogens is 2. The maximum absolute atomic E-state index is 6.28. The monoisotopic (exact) mass is 331 g/mol. The van der Waals surface area contributed by atoms with Crippen molar-refractivity contribution in [2.24, 2.45) is 5.73 Å². The lowest BCUT2D eigenvalue weighted by molar-refractivity contribution is 0.805. The third kappa shape index (κ3) is 3.17. The van der Waals surface area contributed by atoms with Gasteiger partial charge in [0.25, 0.3) is 0 Å². The van der Waals surface area contributed by atoms with E-state index in [0.29, 0.717) is 23.1 Å². The van der Waals surface area contributed by atoms with Crippen LogP contribution in [0.15, 0.2) is 54.9 Å². The first kappa shape index (κ1) is 15.1. The number of rotatable bonds is 4. The molecular formula is C17H15Cl2N3. The lowest BCUT2D eigenvalue weighted by atomic mass is 10.1. The van der Waals surface area contributed by atoms with Crippen molar-refractivity contribution in [1.29, 1.82) is 0 Å². The lowest BCUT2D eigenvalue weighted by Crippen LogP contribution is -2.03. The van der Waals surface area contributed by atoms with E-state index in [1.54, 1.807) is 18.3 Å². The van der Waals surface area contributed by atoms with E-state index in [0.717, 1.165) is 17.0 Å². The SMILES string of the molecule is NCc1cccc(Cn2ccnc2-c2cc(Cl)ccc2Cl)c1. The highest BCUT2D eigenvalue weighted by Gasteiger charge is 2.11. The van der Waals surface area contributed by atoms with E-state index in [-0.39, 0.29) is 0 Å². The number of hydrogen-bond acceptors (Lipinski definition) is 2. The van der Waals surface area contributed by atoms with Crippen LogP contribution in [0, 0.1) is 0 Å². The fourth-order valence-corrected chi connectivity index (χ4v) is 2.78. The Morgan fingerprint density at radius 3 is 2.68 bits per heavy atom. The molecule has 3 nitrogen and oxygen atoms in total. The van der Waals surface area contributed by atoms with Crippen molar-refractivity contribution in [3.8, 4) is 11.4 Å². The number of imidazole rings is 1. The third-order valence-corrected chi connectivity index (χ3v) is 4.03. The Labute approximate surface area is 139 Å². The molecule has 1 aromatic heterocycles. The Morgan fingerprint density at radius 1 is 1.05 bits per heavy atom. The molecule has 5 heteroatoms. The molecular weight excluding hydrogens is 317 g/mol. The number of hydrogen-bond donors (Lipinski definition) is 1. The summed E-state index contributed by atoms with van der Waals surface area (Å²) in [6.07, 6.45) is 3.70. The maximum Gasteiger partial charge on any atom is 0.141 e. The predicted molar refractivity (Wildman–Crippen MR) is 91.1 cm³/mol. The van der Waals surface area contributed by atoms with Gasteiger partial charge in [0.05, 0.1) is 5.02 Å². The van der Waals surface area contributed by atoms with E-state index in [9.17, 15) is 0 Å². The van der Waals surface area contributed by atoms with Crippen LogP contribution in [0.4, 0.5) is 0 Å². The van der Waals surface area contributed by atoms with Gasteiger partial charge in [-0.05, 0) is 29.3 Å². The van der Waals surface area contributed by atoms with Gasteiger partial charge in [0.2, 0.25) is 0 Å². The summed E-state index contributed by atoms with van der Waals surface area (Å²) in [4.78, 5) is 4.42. The second-order valence-electron chi connectivity index (χ2n) is 5.03. The topological polar surface area (TPSA) is 43.8 Å². The first-order valence-electron chi connectivity index (χ1n) is 6.92. The van der Waals surface area contributed by atoms with Gasteiger partial charge in [-0.15, -0.1) is 0 Å². The lowest BCUT2D eigenvalue weighted by Gasteiger charge is -2.10. The standard InChI is InChI=1S/C17H15Cl2N3/c18-14-4-5-16(19)15(9-14)17-21-6-7-22(17)11-13-3-1-2-12(8-13)10-20/h1-9H,10-11,20H2. The molecule has 0 aliphatic rings. The summed E-state index contributed by atoms with van der Waals surface area (Å²) in [5, 5.41) is 1.27. The van der Waals surface area contributed by atoms with Crippen LogP contribution in [0.1, 0.15) is 11.1 Å². The Hall–Kier alpha value is -1.81. The van der Waals surface area contributed by atoms with Crippen LogP contribution in [0.2, 0.25) is 10.0 Å². The molecule has 0 radical (unpaired) electrons. The van der Waals surface area contributed by atoms with Crippen LogP contribution in [0.3, 0.4) is 0 Å². The zero-order valence-corrected chi connectivity index (χ0v) is 13.3. The fourth-order valence-electron chi connectivity index (χ4n) is 2.40. The molecule has 3 rings (SSSR count). The molecule has 0 aliphatic carbocycles. The normalized spacial score (nSPS) is 10.9. The molecule has 0 saturated carbocycles. The van der Waals surface area contributed by atoms with Gasteiger partial charge in [0.15, 0.2) is 0 Å². The Kier molecular flexibility index (Phi) is 4.48. The first-order chi connectivity index (χ1) is 10.7. The van der Waals surface area contributed by atoms with Crippen LogP contribution in [0.5, 0.6) is 0 Å². The van der Waals surface area contributed by atoms with Gasteiger partial charge < -0.3 is 10.3 Å². The van der Waals surface area contributed by atoms with Gasteiger partial charge in [0.1, 0.15) is 5.82 Å². The number of benzene rings is 2. The van der Waals surface area contributed by atoms with E-state index in [1.807, 2.05) is 29.0 Å². The molecule has 22 heavy (non-hydrogen) atoms. The summed E-state index contributed by atoms with van der Waals surface area (Å²) < 4.78 is 2.05. The van der Waals surface area contributed by atoms with Gasteiger partial charge in [-0.2, -0.15) is 0 Å². The molecule has 3 aromatic rings. The first-order valence-corrected chi connectivity index (χ1v) is 7.67. The van der Waals surface area contributed by atoms with Crippen molar-refractivity contribution in [1.82, 2.24) is 9.55 Å². The van der Waals surface area contributed by atoms with Gasteiger partial charge in [-0.25, -0.2) is 4.98 Å². The van der Waals surface area contributed by atoms with Crippen LogP contribution >= 0.6 is 23.2 Å². The highest BCUT2D eigenvalue weighted by Crippen LogP contribution is 2.29. The second-order valence-corrected chi connectivity index (χ2v) is 5.87. The van der Waals surface area contributed by atoms with E-state index in [1.165, 1.54) is 5.56 Å². The highest BCUT2D eigenvalue weighted by atomic mass is 35.5. The Morgan fingerprint density at radius 2 is 1.86 bits per heavy atom.